The molecule has 0 unspecified atom stereocenters. The zero-order valence-corrected chi connectivity index (χ0v) is 8.28. The topological polar surface area (TPSA) is 25.8 Å². The summed E-state index contributed by atoms with van der Waals surface area (Å²) in [6, 6.07) is 7.88. The van der Waals surface area contributed by atoms with Crippen LogP contribution in [0.4, 0.5) is 0 Å². The molecule has 2 rings (SSSR count). The minimum Gasteiger partial charge on any atom is -0.265 e. The van der Waals surface area contributed by atoms with E-state index in [1.54, 1.807) is 18.6 Å². The van der Waals surface area contributed by atoms with Gasteiger partial charge in [0.2, 0.25) is 0 Å². The third-order valence-corrected chi connectivity index (χ3v) is 2.24. The summed E-state index contributed by atoms with van der Waals surface area (Å²) in [4.78, 5) is 8.11. The first-order chi connectivity index (χ1) is 6.90. The maximum atomic E-state index is 5.71. The number of alkyl halides is 1. The SMILES string of the molecule is ClCc1cc(-c2ccncc2)ccn1. The highest BCUT2D eigenvalue weighted by atomic mass is 35.5. The summed E-state index contributed by atoms with van der Waals surface area (Å²) in [6.45, 7) is 0. The van der Waals surface area contributed by atoms with Crippen LogP contribution in [0.2, 0.25) is 0 Å². The second-order valence-electron chi connectivity index (χ2n) is 2.91. The molecule has 0 saturated carbocycles. The van der Waals surface area contributed by atoms with E-state index in [2.05, 4.69) is 9.97 Å². The molecule has 2 aromatic heterocycles. The Labute approximate surface area is 87.6 Å². The van der Waals surface area contributed by atoms with E-state index in [1.165, 1.54) is 0 Å². The van der Waals surface area contributed by atoms with E-state index >= 15 is 0 Å². The molecule has 0 radical (unpaired) electrons. The van der Waals surface area contributed by atoms with Gasteiger partial charge >= 0.3 is 0 Å². The zero-order valence-electron chi connectivity index (χ0n) is 7.52. The molecule has 2 heterocycles. The molecule has 0 aliphatic carbocycles. The van der Waals surface area contributed by atoms with Gasteiger partial charge in [-0.1, -0.05) is 0 Å². The van der Waals surface area contributed by atoms with Crippen molar-refractivity contribution < 1.29 is 0 Å². The lowest BCUT2D eigenvalue weighted by molar-refractivity contribution is 1.17. The Balaban J connectivity index is 2.42. The van der Waals surface area contributed by atoms with Crippen molar-refractivity contribution in [2.45, 2.75) is 5.88 Å². The second kappa shape index (κ2) is 4.20. The van der Waals surface area contributed by atoms with E-state index in [0.717, 1.165) is 16.8 Å². The molecular formula is C11H9ClN2. The fourth-order valence-corrected chi connectivity index (χ4v) is 1.42. The van der Waals surface area contributed by atoms with Gasteiger partial charge in [-0.25, -0.2) is 0 Å². The fourth-order valence-electron chi connectivity index (χ4n) is 1.28. The Hall–Kier alpha value is -1.41. The van der Waals surface area contributed by atoms with Crippen molar-refractivity contribution in [3.63, 3.8) is 0 Å². The molecule has 3 heteroatoms. The molecule has 0 saturated heterocycles. The Bertz CT molecular complexity index is 415. The smallest absolute Gasteiger partial charge is 0.0647 e. The van der Waals surface area contributed by atoms with Gasteiger partial charge in [-0.3, -0.25) is 9.97 Å². The van der Waals surface area contributed by atoms with Crippen molar-refractivity contribution in [3.05, 3.63) is 48.5 Å². The molecule has 0 aliphatic heterocycles. The van der Waals surface area contributed by atoms with E-state index in [9.17, 15) is 0 Å². The van der Waals surface area contributed by atoms with E-state index in [4.69, 9.17) is 11.6 Å². The van der Waals surface area contributed by atoms with Gasteiger partial charge < -0.3 is 0 Å². The van der Waals surface area contributed by atoms with Crippen LogP contribution in [0.5, 0.6) is 0 Å². The van der Waals surface area contributed by atoms with Crippen molar-refractivity contribution in [1.29, 1.82) is 0 Å². The highest BCUT2D eigenvalue weighted by Gasteiger charge is 1.98. The molecule has 0 amide bonds. The Morgan fingerprint density at radius 3 is 2.43 bits per heavy atom. The predicted octanol–water partition coefficient (Wildman–Crippen LogP) is 2.88. The number of pyridine rings is 2. The van der Waals surface area contributed by atoms with Crippen molar-refractivity contribution >= 4 is 11.6 Å². The van der Waals surface area contributed by atoms with Gasteiger partial charge in [-0.15, -0.1) is 11.6 Å². The molecule has 2 nitrogen and oxygen atoms in total. The molecule has 2 aromatic rings. The minimum atomic E-state index is 0.443. The normalized spacial score (nSPS) is 10.1. The number of nitrogens with zero attached hydrogens (tertiary/aromatic N) is 2. The van der Waals surface area contributed by atoms with Gasteiger partial charge in [0.1, 0.15) is 0 Å². The third kappa shape index (κ3) is 1.91. The van der Waals surface area contributed by atoms with E-state index < -0.39 is 0 Å². The molecule has 0 aliphatic rings. The van der Waals surface area contributed by atoms with Crippen molar-refractivity contribution in [3.8, 4) is 11.1 Å². The number of hydrogen-bond donors (Lipinski definition) is 0. The summed E-state index contributed by atoms with van der Waals surface area (Å²) >= 11 is 5.71. The van der Waals surface area contributed by atoms with Gasteiger partial charge in [0.15, 0.2) is 0 Å². The highest BCUT2D eigenvalue weighted by molar-refractivity contribution is 6.16. The number of aromatic nitrogens is 2. The molecule has 0 atom stereocenters. The largest absolute Gasteiger partial charge is 0.265 e. The Morgan fingerprint density at radius 1 is 1.00 bits per heavy atom. The zero-order chi connectivity index (χ0) is 9.80. The van der Waals surface area contributed by atoms with Crippen LogP contribution >= 0.6 is 11.6 Å². The third-order valence-electron chi connectivity index (χ3n) is 1.97. The molecule has 70 valence electrons. The van der Waals surface area contributed by atoms with Crippen molar-refractivity contribution in [2.75, 3.05) is 0 Å². The predicted molar refractivity (Wildman–Crippen MR) is 57.0 cm³/mol. The fraction of sp³-hybridized carbons (Fsp3) is 0.0909. The summed E-state index contributed by atoms with van der Waals surface area (Å²) in [5.41, 5.74) is 3.15. The first-order valence-corrected chi connectivity index (χ1v) is 4.85. The molecule has 0 bridgehead atoms. The van der Waals surface area contributed by atoms with Gasteiger partial charge in [-0.2, -0.15) is 0 Å². The Morgan fingerprint density at radius 2 is 1.71 bits per heavy atom. The van der Waals surface area contributed by atoms with Gasteiger partial charge in [0.25, 0.3) is 0 Å². The van der Waals surface area contributed by atoms with Crippen molar-refractivity contribution in [2.24, 2.45) is 0 Å². The van der Waals surface area contributed by atoms with Crippen LogP contribution in [0.15, 0.2) is 42.9 Å². The molecule has 0 aromatic carbocycles. The maximum absolute atomic E-state index is 5.71. The lowest BCUT2D eigenvalue weighted by Crippen LogP contribution is -1.86. The first-order valence-electron chi connectivity index (χ1n) is 4.31. The monoisotopic (exact) mass is 204 g/mol. The summed E-state index contributed by atoms with van der Waals surface area (Å²) in [6.07, 6.45) is 5.32. The summed E-state index contributed by atoms with van der Waals surface area (Å²) in [5, 5.41) is 0. The lowest BCUT2D eigenvalue weighted by atomic mass is 10.1. The number of halogens is 1. The van der Waals surface area contributed by atoms with E-state index in [1.807, 2.05) is 24.3 Å². The first kappa shape index (κ1) is 9.16. The quantitative estimate of drug-likeness (QED) is 0.703. The van der Waals surface area contributed by atoms with Crippen LogP contribution < -0.4 is 0 Å². The molecule has 14 heavy (non-hydrogen) atoms. The molecular weight excluding hydrogens is 196 g/mol. The summed E-state index contributed by atoms with van der Waals surface area (Å²) < 4.78 is 0. The van der Waals surface area contributed by atoms with Gasteiger partial charge in [-0.05, 0) is 35.4 Å². The van der Waals surface area contributed by atoms with E-state index in [0.29, 0.717) is 5.88 Å². The highest BCUT2D eigenvalue weighted by Crippen LogP contribution is 2.18. The van der Waals surface area contributed by atoms with Crippen LogP contribution in [0, 0.1) is 0 Å². The van der Waals surface area contributed by atoms with Crippen LogP contribution in [-0.4, -0.2) is 9.97 Å². The van der Waals surface area contributed by atoms with Crippen LogP contribution in [0.3, 0.4) is 0 Å². The second-order valence-corrected chi connectivity index (χ2v) is 3.17. The average molecular weight is 205 g/mol. The van der Waals surface area contributed by atoms with Gasteiger partial charge in [0.05, 0.1) is 11.6 Å². The van der Waals surface area contributed by atoms with Crippen LogP contribution in [0.1, 0.15) is 5.69 Å². The Kier molecular flexibility index (Phi) is 2.75. The molecule has 0 spiro atoms. The minimum absolute atomic E-state index is 0.443. The van der Waals surface area contributed by atoms with Crippen LogP contribution in [-0.2, 0) is 5.88 Å². The lowest BCUT2D eigenvalue weighted by Gasteiger charge is -2.01. The molecule has 0 N–H and O–H groups in total. The van der Waals surface area contributed by atoms with E-state index in [-0.39, 0.29) is 0 Å². The average Bonchev–Trinajstić information content (AvgIpc) is 2.30. The summed E-state index contributed by atoms with van der Waals surface area (Å²) in [7, 11) is 0. The number of hydrogen-bond acceptors (Lipinski definition) is 2. The maximum Gasteiger partial charge on any atom is 0.0647 e. The molecule has 0 fully saturated rings. The van der Waals surface area contributed by atoms with Gasteiger partial charge in [0, 0.05) is 18.6 Å². The van der Waals surface area contributed by atoms with Crippen molar-refractivity contribution in [1.82, 2.24) is 9.97 Å². The number of rotatable bonds is 2. The standard InChI is InChI=1S/C11H9ClN2/c12-8-11-7-10(3-6-14-11)9-1-4-13-5-2-9/h1-7H,8H2. The van der Waals surface area contributed by atoms with Crippen LogP contribution in [0.25, 0.3) is 11.1 Å². The summed E-state index contributed by atoms with van der Waals surface area (Å²) in [5.74, 6) is 0.443.